The van der Waals surface area contributed by atoms with E-state index in [4.69, 9.17) is 5.73 Å². The van der Waals surface area contributed by atoms with Gasteiger partial charge in [-0.15, -0.1) is 0 Å². The predicted molar refractivity (Wildman–Crippen MR) is 69.5 cm³/mol. The van der Waals surface area contributed by atoms with Gasteiger partial charge in [0.2, 0.25) is 0 Å². The largest absolute Gasteiger partial charge is 0.401 e. The van der Waals surface area contributed by atoms with E-state index in [0.717, 1.165) is 32.1 Å². The maximum Gasteiger partial charge on any atom is 0.401 e. The van der Waals surface area contributed by atoms with Gasteiger partial charge in [0.1, 0.15) is 0 Å². The highest BCUT2D eigenvalue weighted by atomic mass is 19.4. The molecule has 0 aliphatic heterocycles. The molecule has 1 atom stereocenters. The van der Waals surface area contributed by atoms with E-state index in [2.05, 4.69) is 6.92 Å². The second kappa shape index (κ2) is 9.62. The van der Waals surface area contributed by atoms with Crippen LogP contribution < -0.4 is 5.73 Å². The lowest BCUT2D eigenvalue weighted by atomic mass is 9.96. The summed E-state index contributed by atoms with van der Waals surface area (Å²) in [5.74, 6) is 0.560. The lowest BCUT2D eigenvalue weighted by molar-refractivity contribution is -0.146. The van der Waals surface area contributed by atoms with E-state index >= 15 is 0 Å². The first-order chi connectivity index (χ1) is 8.42. The maximum atomic E-state index is 12.3. The molecular formula is C13H27F3N2. The van der Waals surface area contributed by atoms with E-state index in [1.807, 2.05) is 6.92 Å². The molecular weight excluding hydrogens is 241 g/mol. The van der Waals surface area contributed by atoms with Gasteiger partial charge >= 0.3 is 6.18 Å². The smallest absolute Gasteiger partial charge is 0.330 e. The molecule has 0 aromatic carbocycles. The van der Waals surface area contributed by atoms with Gasteiger partial charge in [0.15, 0.2) is 0 Å². The van der Waals surface area contributed by atoms with Crippen LogP contribution in [0.15, 0.2) is 0 Å². The number of halogens is 3. The molecule has 0 aliphatic rings. The Morgan fingerprint density at radius 2 is 1.78 bits per heavy atom. The highest BCUT2D eigenvalue weighted by molar-refractivity contribution is 4.65. The van der Waals surface area contributed by atoms with Crippen LogP contribution in [0, 0.1) is 5.92 Å². The topological polar surface area (TPSA) is 29.3 Å². The first-order valence-electron chi connectivity index (χ1n) is 6.92. The van der Waals surface area contributed by atoms with E-state index in [1.54, 1.807) is 0 Å². The van der Waals surface area contributed by atoms with Crippen LogP contribution in [0.2, 0.25) is 0 Å². The van der Waals surface area contributed by atoms with Gasteiger partial charge in [-0.05, 0) is 51.2 Å². The fourth-order valence-corrected chi connectivity index (χ4v) is 2.23. The number of alkyl halides is 3. The summed E-state index contributed by atoms with van der Waals surface area (Å²) in [6.07, 6.45) is 0.515. The van der Waals surface area contributed by atoms with E-state index in [-0.39, 0.29) is 0 Å². The molecule has 5 heteroatoms. The third-order valence-electron chi connectivity index (χ3n) is 3.18. The van der Waals surface area contributed by atoms with Gasteiger partial charge in [0.05, 0.1) is 6.54 Å². The lowest BCUT2D eigenvalue weighted by Gasteiger charge is -2.24. The summed E-state index contributed by atoms with van der Waals surface area (Å²) in [6, 6.07) is 0. The van der Waals surface area contributed by atoms with E-state index in [0.29, 0.717) is 25.6 Å². The van der Waals surface area contributed by atoms with E-state index in [9.17, 15) is 13.2 Å². The van der Waals surface area contributed by atoms with Crippen LogP contribution in [0.1, 0.15) is 46.0 Å². The van der Waals surface area contributed by atoms with Crippen LogP contribution in [0.25, 0.3) is 0 Å². The summed E-state index contributed by atoms with van der Waals surface area (Å²) in [5.41, 5.74) is 5.51. The zero-order chi connectivity index (χ0) is 14.0. The average molecular weight is 268 g/mol. The van der Waals surface area contributed by atoms with Crippen molar-refractivity contribution in [2.45, 2.75) is 52.1 Å². The fraction of sp³-hybridized carbons (Fsp3) is 1.00. The molecule has 0 saturated heterocycles. The molecule has 0 saturated carbocycles. The monoisotopic (exact) mass is 268 g/mol. The summed E-state index contributed by atoms with van der Waals surface area (Å²) < 4.78 is 37.0. The summed E-state index contributed by atoms with van der Waals surface area (Å²) in [7, 11) is 0. The van der Waals surface area contributed by atoms with Gasteiger partial charge < -0.3 is 5.73 Å². The third-order valence-corrected chi connectivity index (χ3v) is 3.18. The van der Waals surface area contributed by atoms with E-state index in [1.165, 1.54) is 4.90 Å². The van der Waals surface area contributed by atoms with Crippen molar-refractivity contribution in [1.82, 2.24) is 4.90 Å². The Balaban J connectivity index is 3.95. The average Bonchev–Trinajstić information content (AvgIpc) is 2.26. The van der Waals surface area contributed by atoms with Crippen LogP contribution in [-0.2, 0) is 0 Å². The second-order valence-corrected chi connectivity index (χ2v) is 4.89. The number of nitrogens with zero attached hydrogens (tertiary/aromatic N) is 1. The zero-order valence-electron chi connectivity index (χ0n) is 11.6. The maximum absolute atomic E-state index is 12.3. The van der Waals surface area contributed by atoms with Crippen molar-refractivity contribution >= 4 is 0 Å². The zero-order valence-corrected chi connectivity index (χ0v) is 11.6. The molecule has 0 aliphatic carbocycles. The molecule has 0 fully saturated rings. The quantitative estimate of drug-likeness (QED) is 0.658. The SMILES string of the molecule is CCCN(CCCC(CC)CCN)CC(F)(F)F. The molecule has 0 bridgehead atoms. The number of nitrogens with two attached hydrogens (primary N) is 1. The third kappa shape index (κ3) is 9.71. The molecule has 0 rings (SSSR count). The molecule has 110 valence electrons. The standard InChI is InChI=1S/C13H27F3N2/c1-3-9-18(11-13(14,15)16)10-5-6-12(4-2)7-8-17/h12H,3-11,17H2,1-2H3. The first kappa shape index (κ1) is 17.7. The molecule has 1 unspecified atom stereocenters. The minimum absolute atomic E-state index is 0.521. The molecule has 0 aromatic rings. The Bertz CT molecular complexity index is 195. The van der Waals surface area contributed by atoms with Crippen molar-refractivity contribution in [3.8, 4) is 0 Å². The number of hydrogen-bond acceptors (Lipinski definition) is 2. The van der Waals surface area contributed by atoms with Gasteiger partial charge in [-0.25, -0.2) is 0 Å². The summed E-state index contributed by atoms with van der Waals surface area (Å²) in [6.45, 7) is 4.96. The normalized spacial score (nSPS) is 14.2. The molecule has 0 radical (unpaired) electrons. The van der Waals surface area contributed by atoms with Crippen LogP contribution >= 0.6 is 0 Å². The molecule has 18 heavy (non-hydrogen) atoms. The Labute approximate surface area is 109 Å². The van der Waals surface area contributed by atoms with Crippen molar-refractivity contribution in [2.75, 3.05) is 26.2 Å². The summed E-state index contributed by atoms with van der Waals surface area (Å²) in [5, 5.41) is 0. The van der Waals surface area contributed by atoms with Crippen LogP contribution in [0.5, 0.6) is 0 Å². The van der Waals surface area contributed by atoms with Crippen LogP contribution in [-0.4, -0.2) is 37.3 Å². The van der Waals surface area contributed by atoms with E-state index < -0.39 is 12.7 Å². The molecule has 2 nitrogen and oxygen atoms in total. The number of hydrogen-bond donors (Lipinski definition) is 1. The van der Waals surface area contributed by atoms with Crippen molar-refractivity contribution in [2.24, 2.45) is 11.7 Å². The Hall–Kier alpha value is -0.290. The first-order valence-corrected chi connectivity index (χ1v) is 6.92. The molecule has 0 heterocycles. The molecule has 0 amide bonds. The Morgan fingerprint density at radius 3 is 2.22 bits per heavy atom. The van der Waals surface area contributed by atoms with Gasteiger partial charge in [-0.3, -0.25) is 4.90 Å². The van der Waals surface area contributed by atoms with Crippen LogP contribution in [0.4, 0.5) is 13.2 Å². The Kier molecular flexibility index (Phi) is 9.46. The van der Waals surface area contributed by atoms with Crippen molar-refractivity contribution in [3.63, 3.8) is 0 Å². The van der Waals surface area contributed by atoms with Gasteiger partial charge in [-0.1, -0.05) is 20.3 Å². The predicted octanol–water partition coefficient (Wildman–Crippen LogP) is 3.42. The minimum atomic E-state index is -4.09. The molecule has 0 aromatic heterocycles. The lowest BCUT2D eigenvalue weighted by Crippen LogP contribution is -2.35. The second-order valence-electron chi connectivity index (χ2n) is 4.89. The minimum Gasteiger partial charge on any atom is -0.330 e. The Morgan fingerprint density at radius 1 is 1.11 bits per heavy atom. The van der Waals surface area contributed by atoms with Crippen LogP contribution in [0.3, 0.4) is 0 Å². The van der Waals surface area contributed by atoms with Crippen molar-refractivity contribution in [1.29, 1.82) is 0 Å². The molecule has 0 spiro atoms. The van der Waals surface area contributed by atoms with Crippen molar-refractivity contribution in [3.05, 3.63) is 0 Å². The molecule has 2 N–H and O–H groups in total. The highest BCUT2D eigenvalue weighted by Crippen LogP contribution is 2.19. The van der Waals surface area contributed by atoms with Gasteiger partial charge in [0, 0.05) is 0 Å². The van der Waals surface area contributed by atoms with Gasteiger partial charge in [0.25, 0.3) is 0 Å². The highest BCUT2D eigenvalue weighted by Gasteiger charge is 2.30. The van der Waals surface area contributed by atoms with Crippen molar-refractivity contribution < 1.29 is 13.2 Å². The fourth-order valence-electron chi connectivity index (χ4n) is 2.23. The van der Waals surface area contributed by atoms with Gasteiger partial charge in [-0.2, -0.15) is 13.2 Å². The summed E-state index contributed by atoms with van der Waals surface area (Å²) in [4.78, 5) is 1.51. The summed E-state index contributed by atoms with van der Waals surface area (Å²) >= 11 is 0. The number of rotatable bonds is 10.